The molecule has 24 heavy (non-hydrogen) atoms. The first kappa shape index (κ1) is 18.0. The summed E-state index contributed by atoms with van der Waals surface area (Å²) in [6.45, 7) is 10.6. The van der Waals surface area contributed by atoms with Crippen LogP contribution < -0.4 is 0 Å². The molecule has 0 radical (unpaired) electrons. The topological polar surface area (TPSA) is 42.0 Å². The highest BCUT2D eigenvalue weighted by molar-refractivity contribution is 5.68. The lowest BCUT2D eigenvalue weighted by molar-refractivity contribution is 0.0271. The van der Waals surface area contributed by atoms with Gasteiger partial charge in [-0.25, -0.2) is 4.79 Å². The van der Waals surface area contributed by atoms with Crippen molar-refractivity contribution in [3.8, 4) is 0 Å². The Labute approximate surface area is 146 Å². The van der Waals surface area contributed by atoms with Gasteiger partial charge in [-0.05, 0) is 71.3 Å². The highest BCUT2D eigenvalue weighted by Crippen LogP contribution is 2.40. The Hall–Kier alpha value is -0.810. The lowest BCUT2D eigenvalue weighted by Crippen LogP contribution is -2.39. The summed E-state index contributed by atoms with van der Waals surface area (Å²) in [7, 11) is 2.28. The summed E-state index contributed by atoms with van der Waals surface area (Å²) in [6, 6.07) is 0.684. The van der Waals surface area contributed by atoms with Crippen molar-refractivity contribution in [2.45, 2.75) is 58.1 Å². The van der Waals surface area contributed by atoms with Crippen molar-refractivity contribution in [3.05, 3.63) is 0 Å². The van der Waals surface area contributed by atoms with Gasteiger partial charge in [0, 0.05) is 38.9 Å². The number of fused-ring (bicyclic) bond motifs is 1. The van der Waals surface area contributed by atoms with E-state index in [1.54, 1.807) is 0 Å². The van der Waals surface area contributed by atoms with Crippen LogP contribution in [0.15, 0.2) is 0 Å². The molecule has 5 nitrogen and oxygen atoms in total. The van der Waals surface area contributed by atoms with Crippen molar-refractivity contribution >= 4 is 6.09 Å². The van der Waals surface area contributed by atoms with Crippen LogP contribution in [0.25, 0.3) is 0 Å². The Morgan fingerprint density at radius 2 is 1.75 bits per heavy atom. The van der Waals surface area contributed by atoms with E-state index in [2.05, 4.69) is 11.9 Å². The van der Waals surface area contributed by atoms with Crippen LogP contribution in [-0.2, 0) is 9.47 Å². The monoisotopic (exact) mass is 338 g/mol. The van der Waals surface area contributed by atoms with Crippen molar-refractivity contribution in [2.24, 2.45) is 17.8 Å². The number of rotatable bonds is 3. The number of nitrogens with zero attached hydrogens (tertiary/aromatic N) is 2. The second kappa shape index (κ2) is 7.20. The highest BCUT2D eigenvalue weighted by atomic mass is 16.6. The third kappa shape index (κ3) is 4.42. The molecule has 3 aliphatic rings. The molecule has 2 heterocycles. The van der Waals surface area contributed by atoms with E-state index >= 15 is 0 Å². The van der Waals surface area contributed by atoms with Crippen LogP contribution in [0.4, 0.5) is 4.79 Å². The van der Waals surface area contributed by atoms with E-state index in [9.17, 15) is 4.79 Å². The fourth-order valence-electron chi connectivity index (χ4n) is 4.59. The summed E-state index contributed by atoms with van der Waals surface area (Å²) < 4.78 is 11.0. The minimum absolute atomic E-state index is 0.135. The number of carbonyl (C=O) groups excluding carboxylic acids is 1. The van der Waals surface area contributed by atoms with Crippen molar-refractivity contribution in [2.75, 3.05) is 39.9 Å². The molecular formula is C19H34N2O3. The standard InChI is InChI=1S/C19H34N2O3/c1-19(2,3)24-18(22)21-12-15-9-17(10-16(15)13-21)20(4)11-14-5-7-23-8-6-14/h14-17H,5-13H2,1-4H3/t15-,16+,17?. The normalized spacial score (nSPS) is 31.5. The average molecular weight is 338 g/mol. The molecule has 3 rings (SSSR count). The first-order chi connectivity index (χ1) is 11.3. The molecule has 138 valence electrons. The van der Waals surface area contributed by atoms with E-state index in [0.717, 1.165) is 32.2 Å². The Morgan fingerprint density at radius 3 is 2.29 bits per heavy atom. The number of carbonyl (C=O) groups is 1. The first-order valence-corrected chi connectivity index (χ1v) is 9.57. The van der Waals surface area contributed by atoms with Crippen molar-refractivity contribution < 1.29 is 14.3 Å². The lowest BCUT2D eigenvalue weighted by Gasteiger charge is -2.32. The zero-order valence-corrected chi connectivity index (χ0v) is 15.8. The van der Waals surface area contributed by atoms with Gasteiger partial charge >= 0.3 is 6.09 Å². The summed E-state index contributed by atoms with van der Waals surface area (Å²) in [4.78, 5) is 16.8. The molecule has 0 N–H and O–H groups in total. The summed E-state index contributed by atoms with van der Waals surface area (Å²) >= 11 is 0. The van der Waals surface area contributed by atoms with E-state index in [1.165, 1.54) is 32.2 Å². The molecule has 0 bridgehead atoms. The van der Waals surface area contributed by atoms with Crippen molar-refractivity contribution in [1.29, 1.82) is 0 Å². The molecule has 0 aromatic heterocycles. The zero-order chi connectivity index (χ0) is 17.3. The van der Waals surface area contributed by atoms with E-state index in [1.807, 2.05) is 25.7 Å². The Bertz CT molecular complexity index is 428. The third-order valence-electron chi connectivity index (χ3n) is 5.89. The maximum Gasteiger partial charge on any atom is 0.410 e. The molecule has 3 fully saturated rings. The van der Waals surface area contributed by atoms with Crippen molar-refractivity contribution in [3.63, 3.8) is 0 Å². The van der Waals surface area contributed by atoms with Gasteiger partial charge in [0.15, 0.2) is 0 Å². The second-order valence-electron chi connectivity index (χ2n) is 9.03. The zero-order valence-electron chi connectivity index (χ0n) is 15.8. The molecule has 0 spiro atoms. The Morgan fingerprint density at radius 1 is 1.17 bits per heavy atom. The van der Waals surface area contributed by atoms with Crippen LogP contribution >= 0.6 is 0 Å². The van der Waals surface area contributed by atoms with Crippen LogP contribution in [0.3, 0.4) is 0 Å². The van der Waals surface area contributed by atoms with Gasteiger partial charge in [0.25, 0.3) is 0 Å². The number of likely N-dealkylation sites (tertiary alicyclic amines) is 1. The van der Waals surface area contributed by atoms with Crippen molar-refractivity contribution in [1.82, 2.24) is 9.80 Å². The summed E-state index contributed by atoms with van der Waals surface area (Å²) in [6.07, 6.45) is 4.73. The molecule has 1 unspecified atom stereocenters. The van der Waals surface area contributed by atoms with Gasteiger partial charge in [0.1, 0.15) is 5.60 Å². The van der Waals surface area contributed by atoms with Gasteiger partial charge in [-0.2, -0.15) is 0 Å². The van der Waals surface area contributed by atoms with Gasteiger partial charge in [-0.3, -0.25) is 0 Å². The molecule has 1 saturated carbocycles. The van der Waals surface area contributed by atoms with Crippen LogP contribution in [0.5, 0.6) is 0 Å². The summed E-state index contributed by atoms with van der Waals surface area (Å²) in [5.74, 6) is 2.10. The van der Waals surface area contributed by atoms with Crippen LogP contribution in [-0.4, -0.2) is 67.4 Å². The number of hydrogen-bond acceptors (Lipinski definition) is 4. The number of ether oxygens (including phenoxy) is 2. The highest BCUT2D eigenvalue weighted by Gasteiger charge is 2.44. The van der Waals surface area contributed by atoms with Gasteiger partial charge < -0.3 is 19.3 Å². The molecule has 0 aromatic rings. The molecule has 1 amide bonds. The van der Waals surface area contributed by atoms with E-state index < -0.39 is 5.60 Å². The fraction of sp³-hybridized carbons (Fsp3) is 0.947. The minimum atomic E-state index is -0.402. The Kier molecular flexibility index (Phi) is 5.40. The quantitative estimate of drug-likeness (QED) is 0.793. The average Bonchev–Trinajstić information content (AvgIpc) is 3.05. The lowest BCUT2D eigenvalue weighted by atomic mass is 9.99. The molecule has 3 atom stereocenters. The van der Waals surface area contributed by atoms with Crippen LogP contribution in [0.1, 0.15) is 46.5 Å². The maximum absolute atomic E-state index is 12.3. The van der Waals surface area contributed by atoms with E-state index in [0.29, 0.717) is 17.9 Å². The van der Waals surface area contributed by atoms with Crippen LogP contribution in [0.2, 0.25) is 0 Å². The van der Waals surface area contributed by atoms with Gasteiger partial charge in [0.2, 0.25) is 0 Å². The molecule has 5 heteroatoms. The van der Waals surface area contributed by atoms with Gasteiger partial charge in [-0.15, -0.1) is 0 Å². The predicted octanol–water partition coefficient (Wildman–Crippen LogP) is 2.99. The molecule has 2 aliphatic heterocycles. The molecular weight excluding hydrogens is 304 g/mol. The number of hydrogen-bond donors (Lipinski definition) is 0. The second-order valence-corrected chi connectivity index (χ2v) is 9.03. The molecule has 2 saturated heterocycles. The molecule has 1 aliphatic carbocycles. The SMILES string of the molecule is CN(CC1CCOCC1)C1C[C@@H]2CN(C(=O)OC(C)(C)C)C[C@@H]2C1. The minimum Gasteiger partial charge on any atom is -0.444 e. The van der Waals surface area contributed by atoms with Crippen LogP contribution in [0, 0.1) is 17.8 Å². The molecule has 0 aromatic carbocycles. The van der Waals surface area contributed by atoms with E-state index in [-0.39, 0.29) is 6.09 Å². The first-order valence-electron chi connectivity index (χ1n) is 9.57. The third-order valence-corrected chi connectivity index (χ3v) is 5.89. The smallest absolute Gasteiger partial charge is 0.410 e. The fourth-order valence-corrected chi connectivity index (χ4v) is 4.59. The largest absolute Gasteiger partial charge is 0.444 e. The summed E-state index contributed by atoms with van der Waals surface area (Å²) in [5.41, 5.74) is -0.402. The summed E-state index contributed by atoms with van der Waals surface area (Å²) in [5, 5.41) is 0. The van der Waals surface area contributed by atoms with Gasteiger partial charge in [0.05, 0.1) is 0 Å². The van der Waals surface area contributed by atoms with Gasteiger partial charge in [-0.1, -0.05) is 0 Å². The number of amides is 1. The predicted molar refractivity (Wildman–Crippen MR) is 94.0 cm³/mol. The van der Waals surface area contributed by atoms with E-state index in [4.69, 9.17) is 9.47 Å². The Balaban J connectivity index is 1.45. The maximum atomic E-state index is 12.3.